The van der Waals surface area contributed by atoms with Gasteiger partial charge in [-0.2, -0.15) is 0 Å². The lowest BCUT2D eigenvalue weighted by Gasteiger charge is -2.31. The maximum Gasteiger partial charge on any atom is 0.281 e. The summed E-state index contributed by atoms with van der Waals surface area (Å²) in [6, 6.07) is 5.90. The molecule has 0 amide bonds. The van der Waals surface area contributed by atoms with E-state index in [1.165, 1.54) is 0 Å². The molecule has 2 heterocycles. The minimum atomic E-state index is -0.259. The molecule has 0 aliphatic carbocycles. The normalized spacial score (nSPS) is 20.1. The van der Waals surface area contributed by atoms with Crippen LogP contribution in [0.3, 0.4) is 0 Å². The number of rotatable bonds is 3. The van der Waals surface area contributed by atoms with Crippen molar-refractivity contribution in [3.8, 4) is 0 Å². The Hall–Kier alpha value is -2.05. The number of aromatic nitrogens is 1. The zero-order chi connectivity index (χ0) is 16.2. The number of benzene rings is 1. The number of nitrogens with one attached hydrogen (secondary N) is 1. The highest BCUT2D eigenvalue weighted by molar-refractivity contribution is 5.91. The zero-order valence-corrected chi connectivity index (χ0v) is 13.4. The predicted molar refractivity (Wildman–Crippen MR) is 90.4 cm³/mol. The van der Waals surface area contributed by atoms with Gasteiger partial charge in [0.2, 0.25) is 0 Å². The molecule has 1 aliphatic heterocycles. The zero-order valence-electron chi connectivity index (χ0n) is 13.4. The molecule has 0 spiro atoms. The lowest BCUT2D eigenvalue weighted by molar-refractivity contribution is -0.383. The Bertz CT molecular complexity index is 704. The van der Waals surface area contributed by atoms with Gasteiger partial charge in [0.15, 0.2) is 0 Å². The lowest BCUT2D eigenvalue weighted by Crippen LogP contribution is -2.42. The van der Waals surface area contributed by atoms with E-state index < -0.39 is 0 Å². The molecule has 1 saturated heterocycles. The third-order valence-electron chi connectivity index (χ3n) is 4.54. The highest BCUT2D eigenvalue weighted by atomic mass is 16.6. The molecular formula is C17H22N4O2. The van der Waals surface area contributed by atoms with E-state index in [2.05, 4.69) is 22.1 Å². The van der Waals surface area contributed by atoms with Crippen LogP contribution < -0.4 is 5.32 Å². The lowest BCUT2D eigenvalue weighted by atomic mass is 10.0. The van der Waals surface area contributed by atoms with Crippen molar-refractivity contribution in [2.45, 2.75) is 32.4 Å². The topological polar surface area (TPSA) is 71.3 Å². The Morgan fingerprint density at radius 1 is 1.39 bits per heavy atom. The van der Waals surface area contributed by atoms with Crippen molar-refractivity contribution in [2.24, 2.45) is 0 Å². The Balaban J connectivity index is 1.95. The van der Waals surface area contributed by atoms with Crippen LogP contribution in [0.15, 0.2) is 30.6 Å². The van der Waals surface area contributed by atoms with Crippen LogP contribution in [0.2, 0.25) is 0 Å². The van der Waals surface area contributed by atoms with Crippen LogP contribution in [0.1, 0.15) is 25.3 Å². The molecule has 1 aromatic heterocycles. The van der Waals surface area contributed by atoms with Crippen molar-refractivity contribution in [1.29, 1.82) is 0 Å². The van der Waals surface area contributed by atoms with Crippen LogP contribution in [0.4, 0.5) is 5.69 Å². The molecule has 1 atom stereocenters. The molecule has 2 aromatic rings. The maximum absolute atomic E-state index is 11.6. The van der Waals surface area contributed by atoms with E-state index in [1.807, 2.05) is 12.1 Å². The molecule has 0 radical (unpaired) electrons. The number of hydrogen-bond acceptors (Lipinski definition) is 5. The van der Waals surface area contributed by atoms with Gasteiger partial charge in [0, 0.05) is 42.5 Å². The summed E-state index contributed by atoms with van der Waals surface area (Å²) in [5.74, 6) is 0. The first-order valence-electron chi connectivity index (χ1n) is 8.11. The van der Waals surface area contributed by atoms with Gasteiger partial charge in [0.1, 0.15) is 0 Å². The predicted octanol–water partition coefficient (Wildman–Crippen LogP) is 2.72. The second-order valence-electron chi connectivity index (χ2n) is 6.16. The minimum Gasteiger partial charge on any atom is -0.315 e. The quantitative estimate of drug-likeness (QED) is 0.696. The largest absolute Gasteiger partial charge is 0.315 e. The SMILES string of the molecule is C[C@@H]1CNCCCCN1Cc1ccc2cnccc2c1[N+](=O)[O-]. The molecule has 1 aromatic carbocycles. The Kier molecular flexibility index (Phi) is 4.83. The molecule has 1 aliphatic rings. The molecule has 1 N–H and O–H groups in total. The summed E-state index contributed by atoms with van der Waals surface area (Å²) < 4.78 is 0. The number of nitrogens with zero attached hydrogens (tertiary/aromatic N) is 3. The Morgan fingerprint density at radius 3 is 3.09 bits per heavy atom. The molecule has 0 saturated carbocycles. The maximum atomic E-state index is 11.6. The van der Waals surface area contributed by atoms with Crippen LogP contribution >= 0.6 is 0 Å². The monoisotopic (exact) mass is 314 g/mol. The first kappa shape index (κ1) is 15.8. The summed E-state index contributed by atoms with van der Waals surface area (Å²) in [6.45, 7) is 5.74. The number of nitro groups is 1. The van der Waals surface area contributed by atoms with Gasteiger partial charge in [0.25, 0.3) is 5.69 Å². The molecule has 6 nitrogen and oxygen atoms in total. The first-order valence-corrected chi connectivity index (χ1v) is 8.11. The summed E-state index contributed by atoms with van der Waals surface area (Å²) in [5.41, 5.74) is 0.994. The third kappa shape index (κ3) is 3.48. The smallest absolute Gasteiger partial charge is 0.281 e. The minimum absolute atomic E-state index is 0.215. The van der Waals surface area contributed by atoms with Gasteiger partial charge >= 0.3 is 0 Å². The van der Waals surface area contributed by atoms with E-state index in [0.29, 0.717) is 18.0 Å². The van der Waals surface area contributed by atoms with Gasteiger partial charge in [-0.15, -0.1) is 0 Å². The van der Waals surface area contributed by atoms with Crippen molar-refractivity contribution in [2.75, 3.05) is 19.6 Å². The fourth-order valence-electron chi connectivity index (χ4n) is 3.22. The summed E-state index contributed by atoms with van der Waals surface area (Å²) in [6.07, 6.45) is 5.55. The van der Waals surface area contributed by atoms with Crippen LogP contribution in [0.25, 0.3) is 10.8 Å². The van der Waals surface area contributed by atoms with E-state index in [1.54, 1.807) is 18.5 Å². The summed E-state index contributed by atoms with van der Waals surface area (Å²) >= 11 is 0. The van der Waals surface area contributed by atoms with Gasteiger partial charge in [0.05, 0.1) is 10.3 Å². The summed E-state index contributed by atoms with van der Waals surface area (Å²) in [7, 11) is 0. The standard InChI is InChI=1S/C17H22N4O2/c1-13-10-18-7-2-3-9-20(13)12-15-5-4-14-11-19-8-6-16(14)17(15)21(22)23/h4-6,8,11,13,18H,2-3,7,9-10,12H2,1H3/t13-/m1/s1. The molecule has 23 heavy (non-hydrogen) atoms. The molecule has 0 bridgehead atoms. The first-order chi connectivity index (χ1) is 11.2. The van der Waals surface area contributed by atoms with E-state index in [9.17, 15) is 10.1 Å². The van der Waals surface area contributed by atoms with Gasteiger partial charge in [-0.1, -0.05) is 12.1 Å². The average Bonchev–Trinajstić information content (AvgIpc) is 2.54. The summed E-state index contributed by atoms with van der Waals surface area (Å²) in [4.78, 5) is 17.8. The molecule has 1 fully saturated rings. The van der Waals surface area contributed by atoms with Crippen LogP contribution in [0.5, 0.6) is 0 Å². The van der Waals surface area contributed by atoms with Crippen molar-refractivity contribution in [1.82, 2.24) is 15.2 Å². The van der Waals surface area contributed by atoms with Crippen molar-refractivity contribution < 1.29 is 4.92 Å². The van der Waals surface area contributed by atoms with E-state index >= 15 is 0 Å². The van der Waals surface area contributed by atoms with Gasteiger partial charge in [-0.3, -0.25) is 20.0 Å². The third-order valence-corrected chi connectivity index (χ3v) is 4.54. The van der Waals surface area contributed by atoms with E-state index in [0.717, 1.165) is 43.4 Å². The van der Waals surface area contributed by atoms with Crippen molar-refractivity contribution in [3.05, 3.63) is 46.3 Å². The van der Waals surface area contributed by atoms with Crippen LogP contribution in [-0.2, 0) is 6.54 Å². The number of fused-ring (bicyclic) bond motifs is 1. The molecule has 0 unspecified atom stereocenters. The number of hydrogen-bond donors (Lipinski definition) is 1. The van der Waals surface area contributed by atoms with E-state index in [4.69, 9.17) is 0 Å². The van der Waals surface area contributed by atoms with Gasteiger partial charge < -0.3 is 5.32 Å². The molecule has 6 heteroatoms. The fourth-order valence-corrected chi connectivity index (χ4v) is 3.22. The summed E-state index contributed by atoms with van der Waals surface area (Å²) in [5, 5.41) is 16.5. The number of pyridine rings is 1. The fraction of sp³-hybridized carbons (Fsp3) is 0.471. The van der Waals surface area contributed by atoms with Crippen LogP contribution in [-0.4, -0.2) is 40.5 Å². The van der Waals surface area contributed by atoms with Gasteiger partial charge in [-0.25, -0.2) is 0 Å². The highest BCUT2D eigenvalue weighted by Gasteiger charge is 2.23. The number of nitro benzene ring substituents is 1. The second-order valence-corrected chi connectivity index (χ2v) is 6.16. The average molecular weight is 314 g/mol. The highest BCUT2D eigenvalue weighted by Crippen LogP contribution is 2.30. The Labute approximate surface area is 135 Å². The van der Waals surface area contributed by atoms with Crippen molar-refractivity contribution in [3.63, 3.8) is 0 Å². The second kappa shape index (κ2) is 7.02. The van der Waals surface area contributed by atoms with E-state index in [-0.39, 0.29) is 10.6 Å². The van der Waals surface area contributed by atoms with Gasteiger partial charge in [-0.05, 0) is 38.9 Å². The van der Waals surface area contributed by atoms with Crippen molar-refractivity contribution >= 4 is 16.5 Å². The molecule has 3 rings (SSSR count). The Morgan fingerprint density at radius 2 is 2.26 bits per heavy atom. The molecular weight excluding hydrogens is 292 g/mol. The molecule has 122 valence electrons. The van der Waals surface area contributed by atoms with Crippen LogP contribution in [0, 0.1) is 10.1 Å².